The van der Waals surface area contributed by atoms with Crippen molar-refractivity contribution < 1.29 is 0 Å². The minimum absolute atomic E-state index is 0.186. The molecule has 0 radical (unpaired) electrons. The number of fused-ring (bicyclic) bond motifs is 2. The van der Waals surface area contributed by atoms with Crippen LogP contribution in [0.5, 0.6) is 0 Å². The van der Waals surface area contributed by atoms with Gasteiger partial charge in [0.1, 0.15) is 0 Å². The van der Waals surface area contributed by atoms with Crippen LogP contribution in [0.25, 0.3) is 0 Å². The molecule has 3 heterocycles. The number of nitrogens with zero attached hydrogens (tertiary/aromatic N) is 4. The Hall–Kier alpha value is -1.54. The van der Waals surface area contributed by atoms with Crippen molar-refractivity contribution in [3.05, 3.63) is 33.1 Å². The molecule has 0 fully saturated rings. The minimum atomic E-state index is -0.186. The molecule has 3 rings (SSSR count). The molecule has 18 heavy (non-hydrogen) atoms. The highest BCUT2D eigenvalue weighted by atomic mass is 32.2. The second-order valence-corrected chi connectivity index (χ2v) is 5.84. The van der Waals surface area contributed by atoms with Crippen molar-refractivity contribution in [3.63, 3.8) is 0 Å². The van der Waals surface area contributed by atoms with Gasteiger partial charge in [0.15, 0.2) is 0 Å². The molecule has 0 aliphatic carbocycles. The predicted octanol–water partition coefficient (Wildman–Crippen LogP) is 0.490. The Morgan fingerprint density at radius 3 is 1.78 bits per heavy atom. The van der Waals surface area contributed by atoms with Crippen molar-refractivity contribution >= 4 is 23.5 Å². The molecule has 1 aliphatic heterocycles. The summed E-state index contributed by atoms with van der Waals surface area (Å²) >= 11 is 2.55. The first-order valence-corrected chi connectivity index (χ1v) is 6.69. The number of rotatable bonds is 0. The van der Waals surface area contributed by atoms with Gasteiger partial charge in [-0.1, -0.05) is 23.5 Å². The van der Waals surface area contributed by atoms with E-state index in [1.54, 1.807) is 26.5 Å². The average molecular weight is 280 g/mol. The van der Waals surface area contributed by atoms with Crippen molar-refractivity contribution in [1.29, 1.82) is 0 Å². The Labute approximate surface area is 110 Å². The van der Waals surface area contributed by atoms with Gasteiger partial charge in [-0.05, 0) is 0 Å². The third kappa shape index (κ3) is 1.60. The highest BCUT2D eigenvalue weighted by Crippen LogP contribution is 2.44. The van der Waals surface area contributed by atoms with Crippen LogP contribution >= 0.6 is 23.5 Å². The lowest BCUT2D eigenvalue weighted by atomic mass is 10.5. The fourth-order valence-electron chi connectivity index (χ4n) is 1.56. The van der Waals surface area contributed by atoms with Gasteiger partial charge in [0.25, 0.3) is 11.1 Å². The van der Waals surface area contributed by atoms with Crippen LogP contribution in [0.2, 0.25) is 0 Å². The lowest BCUT2D eigenvalue weighted by Gasteiger charge is -2.16. The van der Waals surface area contributed by atoms with Crippen LogP contribution in [-0.2, 0) is 14.1 Å². The highest BCUT2D eigenvalue weighted by molar-refractivity contribution is 8.05. The largest absolute Gasteiger partial charge is 0.281 e. The number of aryl methyl sites for hydroxylation is 2. The topological polar surface area (TPSA) is 69.8 Å². The molecule has 0 spiro atoms. The molecule has 8 heteroatoms. The van der Waals surface area contributed by atoms with Gasteiger partial charge in [0.05, 0.1) is 32.0 Å². The van der Waals surface area contributed by atoms with E-state index >= 15 is 0 Å². The summed E-state index contributed by atoms with van der Waals surface area (Å²) in [6.45, 7) is 0. The van der Waals surface area contributed by atoms with Crippen LogP contribution in [0.3, 0.4) is 0 Å². The van der Waals surface area contributed by atoms with E-state index in [0.29, 0.717) is 9.79 Å². The Morgan fingerprint density at radius 1 is 0.889 bits per heavy atom. The van der Waals surface area contributed by atoms with Gasteiger partial charge in [-0.15, -0.1) is 0 Å². The van der Waals surface area contributed by atoms with Gasteiger partial charge >= 0.3 is 0 Å². The van der Waals surface area contributed by atoms with E-state index in [4.69, 9.17) is 0 Å². The molecule has 0 atom stereocenters. The molecule has 2 aromatic heterocycles. The maximum absolute atomic E-state index is 12.0. The van der Waals surface area contributed by atoms with E-state index in [9.17, 15) is 9.59 Å². The van der Waals surface area contributed by atoms with Crippen molar-refractivity contribution in [1.82, 2.24) is 19.6 Å². The first-order chi connectivity index (χ1) is 8.58. The third-order valence-corrected chi connectivity index (χ3v) is 5.06. The van der Waals surface area contributed by atoms with Gasteiger partial charge in [0, 0.05) is 14.1 Å². The molecule has 6 nitrogen and oxygen atoms in total. The van der Waals surface area contributed by atoms with Crippen LogP contribution in [0.1, 0.15) is 0 Å². The highest BCUT2D eigenvalue weighted by Gasteiger charge is 2.24. The van der Waals surface area contributed by atoms with E-state index in [1.165, 1.54) is 32.9 Å². The molecule has 0 unspecified atom stereocenters. The molecule has 0 amide bonds. The Bertz CT molecular complexity index is 702. The van der Waals surface area contributed by atoms with E-state index in [1.807, 2.05) is 0 Å². The molecule has 0 saturated carbocycles. The normalized spacial score (nSPS) is 13.0. The van der Waals surface area contributed by atoms with Crippen molar-refractivity contribution in [2.45, 2.75) is 19.6 Å². The summed E-state index contributed by atoms with van der Waals surface area (Å²) in [4.78, 5) is 26.6. The van der Waals surface area contributed by atoms with Gasteiger partial charge in [-0.2, -0.15) is 10.2 Å². The maximum Gasteiger partial charge on any atom is 0.281 e. The lowest BCUT2D eigenvalue weighted by Crippen LogP contribution is -2.26. The fraction of sp³-hybridized carbons (Fsp3) is 0.200. The van der Waals surface area contributed by atoms with E-state index in [0.717, 1.165) is 9.79 Å². The zero-order valence-corrected chi connectivity index (χ0v) is 11.2. The monoisotopic (exact) mass is 280 g/mol. The SMILES string of the molecule is Cn1ncc2c(c1=O)Sc1c(cnn(C)c1=O)S2. The van der Waals surface area contributed by atoms with Gasteiger partial charge in [-0.25, -0.2) is 9.36 Å². The standard InChI is InChI=1S/C10H8N4O2S2/c1-13-9(15)7-5(3-11-13)17-6-4-12-14(2)10(16)8(6)18-7/h3-4H,1-2H3. The smallest absolute Gasteiger partial charge is 0.266 e. The molecule has 0 N–H and O–H groups in total. The maximum atomic E-state index is 12.0. The minimum Gasteiger partial charge on any atom is -0.266 e. The second kappa shape index (κ2) is 3.99. The van der Waals surface area contributed by atoms with Gasteiger partial charge < -0.3 is 0 Å². The first kappa shape index (κ1) is 11.5. The molecule has 92 valence electrons. The second-order valence-electron chi connectivity index (χ2n) is 3.74. The lowest BCUT2D eigenvalue weighted by molar-refractivity contribution is 0.659. The van der Waals surface area contributed by atoms with Crippen molar-refractivity contribution in [2.75, 3.05) is 0 Å². The van der Waals surface area contributed by atoms with Gasteiger partial charge in [0.2, 0.25) is 0 Å². The number of hydrogen-bond donors (Lipinski definition) is 0. The van der Waals surface area contributed by atoms with Crippen LogP contribution in [-0.4, -0.2) is 19.6 Å². The molecule has 2 aromatic rings. The Kier molecular flexibility index (Phi) is 2.56. The molecule has 1 aliphatic rings. The zero-order valence-electron chi connectivity index (χ0n) is 9.58. The summed E-state index contributed by atoms with van der Waals surface area (Å²) in [5.41, 5.74) is -0.371. The van der Waals surface area contributed by atoms with Crippen LogP contribution in [0.15, 0.2) is 41.6 Å². The zero-order chi connectivity index (χ0) is 12.9. The van der Waals surface area contributed by atoms with Crippen molar-refractivity contribution in [3.8, 4) is 0 Å². The Balaban J connectivity index is 2.25. The fourth-order valence-corrected chi connectivity index (χ4v) is 3.80. The summed E-state index contributed by atoms with van der Waals surface area (Å²) < 4.78 is 2.53. The quantitative estimate of drug-likeness (QED) is 0.597. The average Bonchev–Trinajstić information content (AvgIpc) is 2.37. The molecule has 0 bridgehead atoms. The summed E-state index contributed by atoms with van der Waals surface area (Å²) in [5.74, 6) is 0. The van der Waals surface area contributed by atoms with Crippen LogP contribution in [0, 0.1) is 0 Å². The first-order valence-electron chi connectivity index (χ1n) is 5.06. The summed E-state index contributed by atoms with van der Waals surface area (Å²) in [6.07, 6.45) is 3.27. The summed E-state index contributed by atoms with van der Waals surface area (Å²) in [6, 6.07) is 0. The molecular formula is C10H8N4O2S2. The van der Waals surface area contributed by atoms with Gasteiger partial charge in [-0.3, -0.25) is 9.59 Å². The number of hydrogen-bond acceptors (Lipinski definition) is 6. The molecular weight excluding hydrogens is 272 g/mol. The van der Waals surface area contributed by atoms with E-state index < -0.39 is 0 Å². The Morgan fingerprint density at radius 2 is 1.33 bits per heavy atom. The van der Waals surface area contributed by atoms with Crippen LogP contribution in [0.4, 0.5) is 0 Å². The van der Waals surface area contributed by atoms with E-state index in [2.05, 4.69) is 10.2 Å². The summed E-state index contributed by atoms with van der Waals surface area (Å²) in [5, 5.41) is 7.94. The third-order valence-electron chi connectivity index (χ3n) is 2.54. The molecule has 0 saturated heterocycles. The number of aromatic nitrogens is 4. The van der Waals surface area contributed by atoms with E-state index in [-0.39, 0.29) is 11.1 Å². The predicted molar refractivity (Wildman–Crippen MR) is 67.2 cm³/mol. The van der Waals surface area contributed by atoms with Crippen LogP contribution < -0.4 is 11.1 Å². The van der Waals surface area contributed by atoms with Crippen molar-refractivity contribution in [2.24, 2.45) is 14.1 Å². The summed E-state index contributed by atoms with van der Waals surface area (Å²) in [7, 11) is 3.18. The molecule has 0 aromatic carbocycles.